The van der Waals surface area contributed by atoms with Gasteiger partial charge in [-0.1, -0.05) is 55.5 Å². The Balaban J connectivity index is 0.00000169. The van der Waals surface area contributed by atoms with Gasteiger partial charge < -0.3 is 10.6 Å². The number of carbonyl (C=O) groups is 1. The van der Waals surface area contributed by atoms with Crippen molar-refractivity contribution in [2.45, 2.75) is 31.2 Å². The number of nitrogens with zero attached hydrogens (tertiary/aromatic N) is 1. The van der Waals surface area contributed by atoms with Gasteiger partial charge in [0.05, 0.1) is 5.92 Å². The quantitative estimate of drug-likeness (QED) is 0.921. The maximum absolute atomic E-state index is 13.1. The summed E-state index contributed by atoms with van der Waals surface area (Å²) in [5, 5.41) is 0. The molecule has 1 saturated carbocycles. The first-order chi connectivity index (χ1) is 11.1. The van der Waals surface area contributed by atoms with Crippen molar-refractivity contribution < 1.29 is 4.79 Å². The van der Waals surface area contributed by atoms with Gasteiger partial charge in [0.2, 0.25) is 5.91 Å². The van der Waals surface area contributed by atoms with Crippen LogP contribution in [-0.4, -0.2) is 12.5 Å². The molecule has 1 amide bonds. The number of anilines is 1. The summed E-state index contributed by atoms with van der Waals surface area (Å²) in [6.45, 7) is 2.76. The van der Waals surface area contributed by atoms with Gasteiger partial charge in [-0.3, -0.25) is 4.79 Å². The van der Waals surface area contributed by atoms with Crippen molar-refractivity contribution in [3.63, 3.8) is 0 Å². The summed E-state index contributed by atoms with van der Waals surface area (Å²) in [5.41, 5.74) is 10.0. The molecule has 0 aromatic heterocycles. The SMILES string of the molecule is CC(C(=O)N1CC2(CC2)c2ccccc21)C(N)c1ccccc1.Cl. The monoisotopic (exact) mass is 342 g/mol. The van der Waals surface area contributed by atoms with E-state index in [1.54, 1.807) is 0 Å². The van der Waals surface area contributed by atoms with Gasteiger partial charge in [0.1, 0.15) is 0 Å². The van der Waals surface area contributed by atoms with Crippen molar-refractivity contribution in [3.05, 3.63) is 65.7 Å². The van der Waals surface area contributed by atoms with Crippen molar-refractivity contribution in [2.24, 2.45) is 11.7 Å². The van der Waals surface area contributed by atoms with Crippen LogP contribution in [0.4, 0.5) is 5.69 Å². The normalized spacial score (nSPS) is 19.3. The van der Waals surface area contributed by atoms with E-state index in [-0.39, 0.29) is 35.7 Å². The molecule has 2 atom stereocenters. The van der Waals surface area contributed by atoms with Crippen LogP contribution in [0.25, 0.3) is 0 Å². The van der Waals surface area contributed by atoms with Crippen molar-refractivity contribution >= 4 is 24.0 Å². The molecule has 2 unspecified atom stereocenters. The van der Waals surface area contributed by atoms with E-state index in [1.165, 1.54) is 18.4 Å². The van der Waals surface area contributed by atoms with Gasteiger partial charge in [-0.15, -0.1) is 12.4 Å². The van der Waals surface area contributed by atoms with E-state index in [9.17, 15) is 4.79 Å². The lowest BCUT2D eigenvalue weighted by Gasteiger charge is -2.26. The zero-order valence-electron chi connectivity index (χ0n) is 13.8. The Bertz CT molecular complexity index is 742. The molecule has 2 aromatic carbocycles. The van der Waals surface area contributed by atoms with Crippen LogP contribution in [0.5, 0.6) is 0 Å². The van der Waals surface area contributed by atoms with Crippen molar-refractivity contribution in [1.29, 1.82) is 0 Å². The Morgan fingerprint density at radius 3 is 2.38 bits per heavy atom. The Kier molecular flexibility index (Phi) is 4.41. The highest BCUT2D eigenvalue weighted by Crippen LogP contribution is 2.56. The third-order valence-electron chi connectivity index (χ3n) is 5.46. The van der Waals surface area contributed by atoms with E-state index in [1.807, 2.05) is 48.2 Å². The molecule has 1 fully saturated rings. The van der Waals surface area contributed by atoms with Crippen molar-refractivity contribution in [3.8, 4) is 0 Å². The molecule has 0 saturated heterocycles. The van der Waals surface area contributed by atoms with Gasteiger partial charge >= 0.3 is 0 Å². The first-order valence-corrected chi connectivity index (χ1v) is 8.34. The molecule has 2 N–H and O–H groups in total. The van der Waals surface area contributed by atoms with Gasteiger partial charge in [-0.25, -0.2) is 0 Å². The van der Waals surface area contributed by atoms with Gasteiger partial charge in [0.25, 0.3) is 0 Å². The average Bonchev–Trinajstić information content (AvgIpc) is 3.31. The molecule has 2 aliphatic rings. The predicted molar refractivity (Wildman–Crippen MR) is 99.5 cm³/mol. The maximum Gasteiger partial charge on any atom is 0.231 e. The van der Waals surface area contributed by atoms with Crippen molar-refractivity contribution in [2.75, 3.05) is 11.4 Å². The summed E-state index contributed by atoms with van der Waals surface area (Å²) in [6, 6.07) is 18.0. The molecule has 1 heterocycles. The zero-order chi connectivity index (χ0) is 16.0. The minimum atomic E-state index is -0.272. The molecule has 126 valence electrons. The average molecular weight is 343 g/mol. The molecule has 4 heteroatoms. The van der Waals surface area contributed by atoms with Crippen LogP contribution in [-0.2, 0) is 10.2 Å². The smallest absolute Gasteiger partial charge is 0.231 e. The highest BCUT2D eigenvalue weighted by Gasteiger charge is 2.53. The van der Waals surface area contributed by atoms with Crippen LogP contribution in [0.3, 0.4) is 0 Å². The minimum absolute atomic E-state index is 0. The lowest BCUT2D eigenvalue weighted by Crippen LogP contribution is -2.39. The number of amides is 1. The second-order valence-corrected chi connectivity index (χ2v) is 6.95. The van der Waals surface area contributed by atoms with Crippen molar-refractivity contribution in [1.82, 2.24) is 0 Å². The summed E-state index contributed by atoms with van der Waals surface area (Å²) in [5.74, 6) is -0.100. The Labute approximate surface area is 149 Å². The Morgan fingerprint density at radius 1 is 1.08 bits per heavy atom. The van der Waals surface area contributed by atoms with E-state index < -0.39 is 0 Å². The number of fused-ring (bicyclic) bond motifs is 2. The molecule has 2 aromatic rings. The van der Waals surface area contributed by atoms with Gasteiger partial charge in [0.15, 0.2) is 0 Å². The maximum atomic E-state index is 13.1. The topological polar surface area (TPSA) is 46.3 Å². The summed E-state index contributed by atoms with van der Waals surface area (Å²) >= 11 is 0. The Morgan fingerprint density at radius 2 is 1.71 bits per heavy atom. The van der Waals surface area contributed by atoms with E-state index in [4.69, 9.17) is 5.73 Å². The molecular weight excluding hydrogens is 320 g/mol. The number of benzene rings is 2. The van der Waals surface area contributed by atoms with Crippen LogP contribution >= 0.6 is 12.4 Å². The van der Waals surface area contributed by atoms with Crippen LogP contribution in [0.2, 0.25) is 0 Å². The van der Waals surface area contributed by atoms with Gasteiger partial charge in [-0.05, 0) is 30.0 Å². The van der Waals surface area contributed by atoms with E-state index in [0.29, 0.717) is 0 Å². The summed E-state index contributed by atoms with van der Waals surface area (Å²) in [6.07, 6.45) is 2.37. The zero-order valence-corrected chi connectivity index (χ0v) is 14.6. The lowest BCUT2D eigenvalue weighted by molar-refractivity contribution is -0.122. The predicted octanol–water partition coefficient (Wildman–Crippen LogP) is 3.82. The summed E-state index contributed by atoms with van der Waals surface area (Å²) in [4.78, 5) is 15.1. The molecule has 3 nitrogen and oxygen atoms in total. The number of para-hydroxylation sites is 1. The van der Waals surface area contributed by atoms with E-state index in [2.05, 4.69) is 18.2 Å². The molecule has 24 heavy (non-hydrogen) atoms. The molecule has 1 spiro atoms. The number of hydrogen-bond acceptors (Lipinski definition) is 2. The molecular formula is C20H23ClN2O. The lowest BCUT2D eigenvalue weighted by atomic mass is 9.94. The first-order valence-electron chi connectivity index (χ1n) is 8.34. The largest absolute Gasteiger partial charge is 0.323 e. The number of rotatable bonds is 3. The van der Waals surface area contributed by atoms with Crippen LogP contribution in [0, 0.1) is 5.92 Å². The highest BCUT2D eigenvalue weighted by molar-refractivity contribution is 5.98. The standard InChI is InChI=1S/C20H22N2O.ClH/c1-14(18(21)15-7-3-2-4-8-15)19(23)22-13-20(11-12-20)16-9-5-6-10-17(16)22;/h2-10,14,18H,11-13,21H2,1H3;1H. The Hall–Kier alpha value is -1.84. The molecule has 4 rings (SSSR count). The fourth-order valence-electron chi connectivity index (χ4n) is 3.77. The van der Waals surface area contributed by atoms with E-state index in [0.717, 1.165) is 17.8 Å². The second-order valence-electron chi connectivity index (χ2n) is 6.95. The number of nitrogens with two attached hydrogens (primary N) is 1. The minimum Gasteiger partial charge on any atom is -0.323 e. The fourth-order valence-corrected chi connectivity index (χ4v) is 3.77. The van der Waals surface area contributed by atoms with Gasteiger partial charge in [-0.2, -0.15) is 0 Å². The fraction of sp³-hybridized carbons (Fsp3) is 0.350. The second kappa shape index (κ2) is 6.23. The molecule has 1 aliphatic carbocycles. The third kappa shape index (κ3) is 2.62. The molecule has 1 aliphatic heterocycles. The van der Waals surface area contributed by atoms with E-state index >= 15 is 0 Å². The van der Waals surface area contributed by atoms with Gasteiger partial charge in [0, 0.05) is 23.7 Å². The third-order valence-corrected chi connectivity index (χ3v) is 5.46. The number of halogens is 1. The number of hydrogen-bond donors (Lipinski definition) is 1. The number of carbonyl (C=O) groups excluding carboxylic acids is 1. The van der Waals surface area contributed by atoms with Crippen LogP contribution < -0.4 is 10.6 Å². The summed E-state index contributed by atoms with van der Waals surface area (Å²) in [7, 11) is 0. The van der Waals surface area contributed by atoms with Crippen LogP contribution in [0.15, 0.2) is 54.6 Å². The van der Waals surface area contributed by atoms with Crippen LogP contribution in [0.1, 0.15) is 36.9 Å². The molecule has 0 radical (unpaired) electrons. The summed E-state index contributed by atoms with van der Waals surface area (Å²) < 4.78 is 0. The highest BCUT2D eigenvalue weighted by atomic mass is 35.5. The first kappa shape index (κ1) is 17.0. The molecule has 0 bridgehead atoms.